The van der Waals surface area contributed by atoms with Crippen LogP contribution in [0.5, 0.6) is 0 Å². The van der Waals surface area contributed by atoms with E-state index in [0.29, 0.717) is 18.2 Å². The van der Waals surface area contributed by atoms with Crippen molar-refractivity contribution in [1.29, 1.82) is 0 Å². The maximum Gasteiger partial charge on any atom is 0.223 e. The first-order valence-corrected chi connectivity index (χ1v) is 5.72. The van der Waals surface area contributed by atoms with E-state index >= 15 is 0 Å². The molecule has 0 unspecified atom stereocenters. The molecule has 0 aromatic carbocycles. The number of nitrogen functional groups attached to an aromatic ring is 1. The Balaban J connectivity index is 2.04. The van der Waals surface area contributed by atoms with Crippen LogP contribution in [-0.4, -0.2) is 21.7 Å². The smallest absolute Gasteiger partial charge is 0.223 e. The molecule has 2 heterocycles. The van der Waals surface area contributed by atoms with Crippen LogP contribution in [0.1, 0.15) is 18.4 Å². The van der Waals surface area contributed by atoms with Gasteiger partial charge in [0.2, 0.25) is 5.95 Å². The van der Waals surface area contributed by atoms with Crippen LogP contribution in [0.15, 0.2) is 16.7 Å². The third-order valence-corrected chi connectivity index (χ3v) is 2.23. The summed E-state index contributed by atoms with van der Waals surface area (Å²) in [7, 11) is 0. The Bertz CT molecular complexity index is 524. The summed E-state index contributed by atoms with van der Waals surface area (Å²) in [6.07, 6.45) is 0. The standard InChI is InChI=1S/C11H16N6O/c1-3-13-9-5-10(16-11(12)15-9)14-6-8-4-7(2)18-17-8/h4-5H,3,6H2,1-2H3,(H4,12,13,14,15,16). The predicted octanol–water partition coefficient (Wildman–Crippen LogP) is 1.40. The normalized spacial score (nSPS) is 10.3. The number of hydrogen-bond donors (Lipinski definition) is 3. The van der Waals surface area contributed by atoms with Gasteiger partial charge in [0.15, 0.2) is 0 Å². The molecular formula is C11H16N6O. The predicted molar refractivity (Wildman–Crippen MR) is 69.2 cm³/mol. The molecule has 2 aromatic heterocycles. The van der Waals surface area contributed by atoms with Gasteiger partial charge < -0.3 is 20.9 Å². The zero-order valence-corrected chi connectivity index (χ0v) is 10.4. The van der Waals surface area contributed by atoms with E-state index in [9.17, 15) is 0 Å². The molecule has 0 spiro atoms. The first kappa shape index (κ1) is 12.2. The molecule has 2 aromatic rings. The number of aryl methyl sites for hydroxylation is 1. The lowest BCUT2D eigenvalue weighted by molar-refractivity contribution is 0.391. The lowest BCUT2D eigenvalue weighted by Gasteiger charge is -2.07. The highest BCUT2D eigenvalue weighted by Crippen LogP contribution is 2.13. The van der Waals surface area contributed by atoms with Crippen LogP contribution < -0.4 is 16.4 Å². The minimum absolute atomic E-state index is 0.229. The Morgan fingerprint density at radius 3 is 2.56 bits per heavy atom. The van der Waals surface area contributed by atoms with Gasteiger partial charge in [-0.15, -0.1) is 0 Å². The second kappa shape index (κ2) is 5.35. The summed E-state index contributed by atoms with van der Waals surface area (Å²) in [4.78, 5) is 8.16. The van der Waals surface area contributed by atoms with Crippen molar-refractivity contribution in [2.75, 3.05) is 22.9 Å². The van der Waals surface area contributed by atoms with E-state index in [1.54, 1.807) is 6.07 Å². The van der Waals surface area contributed by atoms with Crippen molar-refractivity contribution >= 4 is 17.6 Å². The number of nitrogens with zero attached hydrogens (tertiary/aromatic N) is 3. The average Bonchev–Trinajstić information content (AvgIpc) is 2.72. The molecule has 0 saturated heterocycles. The maximum absolute atomic E-state index is 5.63. The van der Waals surface area contributed by atoms with Gasteiger partial charge >= 0.3 is 0 Å². The number of aromatic nitrogens is 3. The Morgan fingerprint density at radius 1 is 1.22 bits per heavy atom. The molecule has 18 heavy (non-hydrogen) atoms. The second-order valence-corrected chi connectivity index (χ2v) is 3.81. The summed E-state index contributed by atoms with van der Waals surface area (Å²) >= 11 is 0. The van der Waals surface area contributed by atoms with Crippen molar-refractivity contribution in [3.8, 4) is 0 Å². The zero-order valence-electron chi connectivity index (χ0n) is 10.4. The molecule has 0 bridgehead atoms. The molecule has 7 nitrogen and oxygen atoms in total. The Labute approximate surface area is 105 Å². The third-order valence-electron chi connectivity index (χ3n) is 2.23. The van der Waals surface area contributed by atoms with Gasteiger partial charge in [0, 0.05) is 18.7 Å². The van der Waals surface area contributed by atoms with Gasteiger partial charge in [-0.1, -0.05) is 5.16 Å². The monoisotopic (exact) mass is 248 g/mol. The van der Waals surface area contributed by atoms with E-state index in [-0.39, 0.29) is 5.95 Å². The van der Waals surface area contributed by atoms with E-state index in [4.69, 9.17) is 10.3 Å². The van der Waals surface area contributed by atoms with Gasteiger partial charge in [-0.25, -0.2) is 0 Å². The van der Waals surface area contributed by atoms with E-state index in [1.165, 1.54) is 0 Å². The van der Waals surface area contributed by atoms with E-state index in [0.717, 1.165) is 18.0 Å². The zero-order chi connectivity index (χ0) is 13.0. The van der Waals surface area contributed by atoms with Crippen LogP contribution in [0.4, 0.5) is 17.6 Å². The van der Waals surface area contributed by atoms with Crippen LogP contribution in [0, 0.1) is 6.92 Å². The summed E-state index contributed by atoms with van der Waals surface area (Å²) in [6, 6.07) is 3.66. The van der Waals surface area contributed by atoms with Gasteiger partial charge in [0.1, 0.15) is 23.1 Å². The van der Waals surface area contributed by atoms with Crippen molar-refractivity contribution in [2.24, 2.45) is 0 Å². The first-order chi connectivity index (χ1) is 8.67. The number of hydrogen-bond acceptors (Lipinski definition) is 7. The molecule has 0 aliphatic heterocycles. The van der Waals surface area contributed by atoms with Crippen LogP contribution in [0.3, 0.4) is 0 Å². The van der Waals surface area contributed by atoms with Gasteiger partial charge in [-0.2, -0.15) is 9.97 Å². The summed E-state index contributed by atoms with van der Waals surface area (Å²) in [5.41, 5.74) is 6.44. The lowest BCUT2D eigenvalue weighted by atomic mass is 10.4. The van der Waals surface area contributed by atoms with Crippen LogP contribution in [0.2, 0.25) is 0 Å². The van der Waals surface area contributed by atoms with E-state index in [2.05, 4.69) is 25.8 Å². The lowest BCUT2D eigenvalue weighted by Crippen LogP contribution is -2.07. The molecule has 0 atom stereocenters. The second-order valence-electron chi connectivity index (χ2n) is 3.81. The minimum Gasteiger partial charge on any atom is -0.370 e. The molecule has 0 aliphatic rings. The van der Waals surface area contributed by atoms with Crippen molar-refractivity contribution in [2.45, 2.75) is 20.4 Å². The fraction of sp³-hybridized carbons (Fsp3) is 0.364. The number of nitrogens with two attached hydrogens (primary N) is 1. The molecule has 0 amide bonds. The molecule has 0 saturated carbocycles. The average molecular weight is 248 g/mol. The summed E-state index contributed by atoms with van der Waals surface area (Å²) in [5.74, 6) is 2.36. The quantitative estimate of drug-likeness (QED) is 0.735. The van der Waals surface area contributed by atoms with Crippen LogP contribution in [-0.2, 0) is 6.54 Å². The summed E-state index contributed by atoms with van der Waals surface area (Å²) in [6.45, 7) is 5.14. The summed E-state index contributed by atoms with van der Waals surface area (Å²) < 4.78 is 4.98. The largest absolute Gasteiger partial charge is 0.370 e. The molecule has 0 fully saturated rings. The highest BCUT2D eigenvalue weighted by Gasteiger charge is 2.03. The summed E-state index contributed by atoms with van der Waals surface area (Å²) in [5, 5.41) is 10.1. The highest BCUT2D eigenvalue weighted by molar-refractivity contribution is 5.50. The first-order valence-electron chi connectivity index (χ1n) is 5.72. The fourth-order valence-corrected chi connectivity index (χ4v) is 1.51. The van der Waals surface area contributed by atoms with Gasteiger partial charge in [-0.05, 0) is 13.8 Å². The molecule has 4 N–H and O–H groups in total. The molecule has 7 heteroatoms. The Kier molecular flexibility index (Phi) is 3.61. The maximum atomic E-state index is 5.63. The molecule has 2 rings (SSSR count). The molecule has 96 valence electrons. The van der Waals surface area contributed by atoms with Crippen molar-refractivity contribution in [1.82, 2.24) is 15.1 Å². The number of anilines is 3. The van der Waals surface area contributed by atoms with Gasteiger partial charge in [0.05, 0.1) is 6.54 Å². The Hall–Kier alpha value is -2.31. The molecule has 0 aliphatic carbocycles. The molecule has 0 radical (unpaired) electrons. The van der Waals surface area contributed by atoms with E-state index < -0.39 is 0 Å². The van der Waals surface area contributed by atoms with Crippen LogP contribution in [0.25, 0.3) is 0 Å². The fourth-order valence-electron chi connectivity index (χ4n) is 1.51. The molecular weight excluding hydrogens is 232 g/mol. The van der Waals surface area contributed by atoms with Crippen molar-refractivity contribution in [3.63, 3.8) is 0 Å². The van der Waals surface area contributed by atoms with Crippen molar-refractivity contribution in [3.05, 3.63) is 23.6 Å². The third kappa shape index (κ3) is 3.09. The van der Waals surface area contributed by atoms with Crippen molar-refractivity contribution < 1.29 is 4.52 Å². The minimum atomic E-state index is 0.229. The topological polar surface area (TPSA) is 102 Å². The number of rotatable bonds is 5. The van der Waals surface area contributed by atoms with E-state index in [1.807, 2.05) is 19.9 Å². The number of nitrogens with one attached hydrogen (secondary N) is 2. The van der Waals surface area contributed by atoms with Gasteiger partial charge in [-0.3, -0.25) is 0 Å². The van der Waals surface area contributed by atoms with Crippen LogP contribution >= 0.6 is 0 Å². The van der Waals surface area contributed by atoms with Gasteiger partial charge in [0.25, 0.3) is 0 Å². The Morgan fingerprint density at radius 2 is 1.94 bits per heavy atom. The highest BCUT2D eigenvalue weighted by atomic mass is 16.5. The SMILES string of the molecule is CCNc1cc(NCc2cc(C)on2)nc(N)n1.